The lowest BCUT2D eigenvalue weighted by molar-refractivity contribution is -0.143. The van der Waals surface area contributed by atoms with Crippen LogP contribution in [0.15, 0.2) is 18.2 Å². The number of carbonyl (C=O) groups is 2. The van der Waals surface area contributed by atoms with Gasteiger partial charge in [-0.25, -0.2) is 4.79 Å². The number of aryl methyl sites for hydroxylation is 1. The average Bonchev–Trinajstić information content (AvgIpc) is 2.37. The van der Waals surface area contributed by atoms with Crippen LogP contribution in [0.1, 0.15) is 29.3 Å². The number of benzene rings is 1. The van der Waals surface area contributed by atoms with Gasteiger partial charge in [-0.3, -0.25) is 4.79 Å². The summed E-state index contributed by atoms with van der Waals surface area (Å²) in [6, 6.07) is 4.86. The molecule has 0 aliphatic heterocycles. The fraction of sp³-hybridized carbons (Fsp3) is 0.385. The maximum Gasteiger partial charge on any atom is 0.337 e. The first-order chi connectivity index (χ1) is 8.58. The lowest BCUT2D eigenvalue weighted by Crippen LogP contribution is -2.08. The Labute approximate surface area is 106 Å². The van der Waals surface area contributed by atoms with Gasteiger partial charge in [0.25, 0.3) is 0 Å². The van der Waals surface area contributed by atoms with Crippen LogP contribution in [0.5, 0.6) is 0 Å². The number of anilines is 1. The minimum Gasteiger partial charge on any atom is -0.466 e. The number of ether oxygens (including phenoxy) is 2. The Kier molecular flexibility index (Phi) is 5.17. The molecule has 0 aromatic heterocycles. The Morgan fingerprint density at radius 2 is 2.06 bits per heavy atom. The summed E-state index contributed by atoms with van der Waals surface area (Å²) in [5, 5.41) is 0. The minimum atomic E-state index is -0.424. The molecule has 0 saturated carbocycles. The maximum absolute atomic E-state index is 11.4. The van der Waals surface area contributed by atoms with E-state index < -0.39 is 5.97 Å². The Morgan fingerprint density at radius 1 is 1.33 bits per heavy atom. The van der Waals surface area contributed by atoms with Crippen LogP contribution in [0.2, 0.25) is 0 Å². The van der Waals surface area contributed by atoms with E-state index in [2.05, 4.69) is 4.74 Å². The third-order valence-corrected chi connectivity index (χ3v) is 2.47. The summed E-state index contributed by atoms with van der Waals surface area (Å²) in [5.74, 6) is -0.701. The summed E-state index contributed by atoms with van der Waals surface area (Å²) in [7, 11) is 1.32. The number of esters is 2. The number of hydrogen-bond donors (Lipinski definition) is 1. The van der Waals surface area contributed by atoms with Crippen molar-refractivity contribution in [1.82, 2.24) is 0 Å². The van der Waals surface area contributed by atoms with Crippen molar-refractivity contribution in [3.63, 3.8) is 0 Å². The number of nitrogen functional groups attached to an aromatic ring is 1. The topological polar surface area (TPSA) is 78.6 Å². The van der Waals surface area contributed by atoms with E-state index in [1.54, 1.807) is 25.1 Å². The molecule has 5 nitrogen and oxygen atoms in total. The van der Waals surface area contributed by atoms with E-state index in [4.69, 9.17) is 10.5 Å². The fourth-order valence-corrected chi connectivity index (χ4v) is 1.54. The van der Waals surface area contributed by atoms with Gasteiger partial charge in [-0.05, 0) is 37.1 Å². The molecule has 0 unspecified atom stereocenters. The molecule has 0 fully saturated rings. The van der Waals surface area contributed by atoms with Crippen molar-refractivity contribution in [3.8, 4) is 0 Å². The standard InChI is InChI=1S/C13H17NO4/c1-3-18-12(15)7-5-9-8-10(13(16)17-2)4-6-11(9)14/h4,6,8H,3,5,7,14H2,1-2H3. The summed E-state index contributed by atoms with van der Waals surface area (Å²) < 4.78 is 9.45. The highest BCUT2D eigenvalue weighted by Gasteiger charge is 2.10. The monoisotopic (exact) mass is 251 g/mol. The molecule has 1 rings (SSSR count). The number of nitrogens with two attached hydrogens (primary N) is 1. The maximum atomic E-state index is 11.4. The number of hydrogen-bond acceptors (Lipinski definition) is 5. The van der Waals surface area contributed by atoms with Crippen molar-refractivity contribution in [2.24, 2.45) is 0 Å². The zero-order chi connectivity index (χ0) is 13.5. The molecule has 0 aliphatic carbocycles. The molecule has 0 saturated heterocycles. The van der Waals surface area contributed by atoms with E-state index in [1.165, 1.54) is 7.11 Å². The second kappa shape index (κ2) is 6.64. The molecule has 0 aliphatic rings. The van der Waals surface area contributed by atoms with Crippen molar-refractivity contribution in [2.45, 2.75) is 19.8 Å². The molecule has 0 heterocycles. The number of rotatable bonds is 5. The lowest BCUT2D eigenvalue weighted by Gasteiger charge is -2.07. The summed E-state index contributed by atoms with van der Waals surface area (Å²) >= 11 is 0. The summed E-state index contributed by atoms with van der Waals surface area (Å²) in [6.45, 7) is 2.11. The van der Waals surface area contributed by atoms with E-state index in [-0.39, 0.29) is 12.4 Å². The first kappa shape index (κ1) is 14.0. The first-order valence-electron chi connectivity index (χ1n) is 5.70. The Bertz CT molecular complexity index is 443. The molecule has 2 N–H and O–H groups in total. The molecular weight excluding hydrogens is 234 g/mol. The van der Waals surface area contributed by atoms with Gasteiger partial charge in [-0.1, -0.05) is 0 Å². The number of carbonyl (C=O) groups excluding carboxylic acids is 2. The molecule has 1 aromatic rings. The molecule has 98 valence electrons. The Balaban J connectivity index is 2.75. The van der Waals surface area contributed by atoms with Gasteiger partial charge in [-0.15, -0.1) is 0 Å². The van der Waals surface area contributed by atoms with Crippen LogP contribution in [0, 0.1) is 0 Å². The lowest BCUT2D eigenvalue weighted by atomic mass is 10.0. The largest absolute Gasteiger partial charge is 0.466 e. The van der Waals surface area contributed by atoms with Crippen molar-refractivity contribution >= 4 is 17.6 Å². The van der Waals surface area contributed by atoms with E-state index in [1.807, 2.05) is 0 Å². The van der Waals surface area contributed by atoms with Gasteiger partial charge in [0.05, 0.1) is 19.3 Å². The van der Waals surface area contributed by atoms with Gasteiger partial charge in [0.2, 0.25) is 0 Å². The average molecular weight is 251 g/mol. The van der Waals surface area contributed by atoms with Crippen molar-refractivity contribution in [3.05, 3.63) is 29.3 Å². The molecule has 1 aromatic carbocycles. The second-order valence-electron chi connectivity index (χ2n) is 3.71. The van der Waals surface area contributed by atoms with Gasteiger partial charge in [0.15, 0.2) is 0 Å². The highest BCUT2D eigenvalue weighted by molar-refractivity contribution is 5.90. The predicted molar refractivity (Wildman–Crippen MR) is 67.1 cm³/mol. The van der Waals surface area contributed by atoms with Gasteiger partial charge >= 0.3 is 11.9 Å². The van der Waals surface area contributed by atoms with E-state index in [9.17, 15) is 9.59 Å². The molecule has 0 amide bonds. The van der Waals surface area contributed by atoms with Gasteiger partial charge in [-0.2, -0.15) is 0 Å². The van der Waals surface area contributed by atoms with E-state index in [0.29, 0.717) is 24.3 Å². The third-order valence-electron chi connectivity index (χ3n) is 2.47. The van der Waals surface area contributed by atoms with Crippen molar-refractivity contribution < 1.29 is 19.1 Å². The van der Waals surface area contributed by atoms with Crippen LogP contribution in [-0.4, -0.2) is 25.7 Å². The summed E-state index contributed by atoms with van der Waals surface area (Å²) in [5.41, 5.74) is 7.50. The normalized spacial score (nSPS) is 9.89. The number of methoxy groups -OCH3 is 1. The molecule has 0 bridgehead atoms. The minimum absolute atomic E-state index is 0.239. The van der Waals surface area contributed by atoms with E-state index >= 15 is 0 Å². The third kappa shape index (κ3) is 3.76. The van der Waals surface area contributed by atoms with E-state index in [0.717, 1.165) is 5.56 Å². The first-order valence-corrected chi connectivity index (χ1v) is 5.70. The van der Waals surface area contributed by atoms with Crippen molar-refractivity contribution in [2.75, 3.05) is 19.5 Å². The fourth-order valence-electron chi connectivity index (χ4n) is 1.54. The van der Waals surface area contributed by atoms with Crippen LogP contribution < -0.4 is 5.73 Å². The molecule has 0 atom stereocenters. The molecular formula is C13H17NO4. The molecule has 0 radical (unpaired) electrons. The van der Waals surface area contributed by atoms with Crippen LogP contribution in [-0.2, 0) is 20.7 Å². The van der Waals surface area contributed by atoms with Crippen LogP contribution >= 0.6 is 0 Å². The van der Waals surface area contributed by atoms with Crippen LogP contribution in [0.25, 0.3) is 0 Å². The van der Waals surface area contributed by atoms with Gasteiger partial charge < -0.3 is 15.2 Å². The van der Waals surface area contributed by atoms with Crippen molar-refractivity contribution in [1.29, 1.82) is 0 Å². The second-order valence-corrected chi connectivity index (χ2v) is 3.71. The van der Waals surface area contributed by atoms with Gasteiger partial charge in [0.1, 0.15) is 0 Å². The quantitative estimate of drug-likeness (QED) is 0.634. The summed E-state index contributed by atoms with van der Waals surface area (Å²) in [6.07, 6.45) is 0.679. The Hall–Kier alpha value is -2.04. The highest BCUT2D eigenvalue weighted by Crippen LogP contribution is 2.17. The summed E-state index contributed by atoms with van der Waals surface area (Å²) in [4.78, 5) is 22.6. The zero-order valence-corrected chi connectivity index (χ0v) is 10.6. The van der Waals surface area contributed by atoms with Crippen LogP contribution in [0.4, 0.5) is 5.69 Å². The zero-order valence-electron chi connectivity index (χ0n) is 10.6. The SMILES string of the molecule is CCOC(=O)CCc1cc(C(=O)OC)ccc1N. The Morgan fingerprint density at radius 3 is 2.67 bits per heavy atom. The van der Waals surface area contributed by atoms with Gasteiger partial charge in [0, 0.05) is 12.1 Å². The van der Waals surface area contributed by atoms with Crippen LogP contribution in [0.3, 0.4) is 0 Å². The predicted octanol–water partition coefficient (Wildman–Crippen LogP) is 1.55. The molecule has 18 heavy (non-hydrogen) atoms. The molecule has 0 spiro atoms. The highest BCUT2D eigenvalue weighted by atomic mass is 16.5. The smallest absolute Gasteiger partial charge is 0.337 e. The molecule has 5 heteroatoms.